The van der Waals surface area contributed by atoms with Crippen LogP contribution in [0.1, 0.15) is 34.7 Å². The number of esters is 4. The molecule has 0 aliphatic rings. The van der Waals surface area contributed by atoms with Gasteiger partial charge in [-0.05, 0) is 47.4 Å². The Morgan fingerprint density at radius 3 is 1.75 bits per heavy atom. The normalized spacial score (nSPS) is 9.84. The Morgan fingerprint density at radius 1 is 0.682 bits per heavy atom. The first-order chi connectivity index (χ1) is 21.1. The monoisotopic (exact) mass is 590 g/mol. The first kappa shape index (κ1) is 32.6. The third kappa shape index (κ3) is 9.29. The highest BCUT2D eigenvalue weighted by Crippen LogP contribution is 2.35. The van der Waals surface area contributed by atoms with Crippen molar-refractivity contribution in [3.05, 3.63) is 139 Å². The number of carbonyl (C=O) groups excluding carboxylic acids is 4. The SMILES string of the molecule is C=CC(=O)OCc1ccc(C#Cc2ccc(-c3ccc(COC(=O)C=C)cc3)c(COC(=O)C(=C)C)c2OC(=O)C=C)cc1. The van der Waals surface area contributed by atoms with Crippen LogP contribution >= 0.6 is 0 Å². The fourth-order valence-electron chi connectivity index (χ4n) is 3.69. The van der Waals surface area contributed by atoms with Crippen LogP contribution in [0.2, 0.25) is 0 Å². The van der Waals surface area contributed by atoms with E-state index >= 15 is 0 Å². The Kier molecular flexibility index (Phi) is 11.8. The van der Waals surface area contributed by atoms with Crippen LogP contribution in [-0.2, 0) is 53.2 Å². The predicted octanol–water partition coefficient (Wildman–Crippen LogP) is 5.92. The van der Waals surface area contributed by atoms with Gasteiger partial charge in [-0.3, -0.25) is 0 Å². The van der Waals surface area contributed by atoms with Crippen molar-refractivity contribution in [1.29, 1.82) is 0 Å². The molecule has 0 unspecified atom stereocenters. The zero-order valence-electron chi connectivity index (χ0n) is 24.2. The summed E-state index contributed by atoms with van der Waals surface area (Å²) < 4.78 is 21.3. The summed E-state index contributed by atoms with van der Waals surface area (Å²) in [7, 11) is 0. The molecule has 0 fully saturated rings. The van der Waals surface area contributed by atoms with Gasteiger partial charge in [0.15, 0.2) is 5.75 Å². The van der Waals surface area contributed by atoms with Crippen molar-refractivity contribution in [3.8, 4) is 28.7 Å². The number of rotatable bonds is 12. The minimum Gasteiger partial charge on any atom is -0.458 e. The quantitative estimate of drug-likeness (QED) is 0.0842. The summed E-state index contributed by atoms with van der Waals surface area (Å²) in [6.45, 7) is 15.3. The highest BCUT2D eigenvalue weighted by molar-refractivity contribution is 5.88. The maximum atomic E-state index is 12.4. The lowest BCUT2D eigenvalue weighted by Crippen LogP contribution is -2.11. The molecule has 8 heteroatoms. The summed E-state index contributed by atoms with van der Waals surface area (Å²) in [6.07, 6.45) is 3.20. The lowest BCUT2D eigenvalue weighted by atomic mass is 9.95. The van der Waals surface area contributed by atoms with E-state index in [0.717, 1.165) is 29.4 Å². The van der Waals surface area contributed by atoms with Gasteiger partial charge in [0.25, 0.3) is 0 Å². The van der Waals surface area contributed by atoms with E-state index in [0.29, 0.717) is 27.8 Å². The van der Waals surface area contributed by atoms with Crippen LogP contribution in [0, 0.1) is 11.8 Å². The van der Waals surface area contributed by atoms with Crippen LogP contribution in [-0.4, -0.2) is 23.9 Å². The highest BCUT2D eigenvalue weighted by Gasteiger charge is 2.20. The Hall–Kier alpha value is -5.94. The molecular formula is C36H30O8. The minimum atomic E-state index is -0.726. The van der Waals surface area contributed by atoms with Gasteiger partial charge in [-0.25, -0.2) is 19.2 Å². The van der Waals surface area contributed by atoms with Gasteiger partial charge in [-0.1, -0.05) is 80.6 Å². The lowest BCUT2D eigenvalue weighted by molar-refractivity contribution is -0.140. The standard InChI is InChI=1S/C36H30O8/c1-6-32(37)41-21-26-11-9-25(10-12-26)13-18-29-19-20-30(28-16-14-27(15-17-28)22-42-33(38)7-2)31(23-43-36(40)24(4)5)35(29)44-34(39)8-3/h6-12,14-17,19-20H,1-4,21-23H2,5H3. The van der Waals surface area contributed by atoms with Gasteiger partial charge in [0.2, 0.25) is 0 Å². The van der Waals surface area contributed by atoms with Gasteiger partial charge in [0, 0.05) is 34.9 Å². The third-order valence-electron chi connectivity index (χ3n) is 5.98. The van der Waals surface area contributed by atoms with Gasteiger partial charge < -0.3 is 18.9 Å². The molecule has 3 rings (SSSR count). The number of hydrogen-bond donors (Lipinski definition) is 0. The Morgan fingerprint density at radius 2 is 1.23 bits per heavy atom. The Labute approximate surface area is 255 Å². The Balaban J connectivity index is 2.04. The van der Waals surface area contributed by atoms with Gasteiger partial charge in [0.05, 0.1) is 5.56 Å². The van der Waals surface area contributed by atoms with Gasteiger partial charge in [-0.15, -0.1) is 0 Å². The van der Waals surface area contributed by atoms with E-state index in [-0.39, 0.29) is 31.1 Å². The third-order valence-corrected chi connectivity index (χ3v) is 5.98. The van der Waals surface area contributed by atoms with Crippen molar-refractivity contribution in [2.24, 2.45) is 0 Å². The molecule has 0 heterocycles. The lowest BCUT2D eigenvalue weighted by Gasteiger charge is -2.17. The second-order valence-electron chi connectivity index (χ2n) is 9.22. The average molecular weight is 591 g/mol. The van der Waals surface area contributed by atoms with E-state index in [2.05, 4.69) is 38.2 Å². The molecule has 0 aliphatic heterocycles. The maximum absolute atomic E-state index is 12.4. The Bertz CT molecular complexity index is 1670. The minimum absolute atomic E-state index is 0.0614. The molecule has 0 aromatic heterocycles. The zero-order chi connectivity index (χ0) is 32.1. The van der Waals surface area contributed by atoms with Gasteiger partial charge in [0.1, 0.15) is 19.8 Å². The highest BCUT2D eigenvalue weighted by atomic mass is 16.5. The number of benzene rings is 3. The number of ether oxygens (including phenoxy) is 4. The first-order valence-electron chi connectivity index (χ1n) is 13.3. The van der Waals surface area contributed by atoms with E-state index in [1.165, 1.54) is 6.92 Å². The molecule has 0 saturated carbocycles. The van der Waals surface area contributed by atoms with Crippen molar-refractivity contribution in [1.82, 2.24) is 0 Å². The van der Waals surface area contributed by atoms with Crippen molar-refractivity contribution in [2.75, 3.05) is 0 Å². The fraction of sp³-hybridized carbons (Fsp3) is 0.111. The molecule has 0 amide bonds. The molecule has 0 aliphatic carbocycles. The number of hydrogen-bond acceptors (Lipinski definition) is 8. The maximum Gasteiger partial charge on any atom is 0.335 e. The van der Waals surface area contributed by atoms with Crippen molar-refractivity contribution in [2.45, 2.75) is 26.7 Å². The molecule has 3 aromatic rings. The molecule has 3 aromatic carbocycles. The van der Waals surface area contributed by atoms with E-state index in [9.17, 15) is 19.2 Å². The van der Waals surface area contributed by atoms with E-state index in [1.807, 2.05) is 0 Å². The molecule has 222 valence electrons. The molecule has 0 spiro atoms. The van der Waals surface area contributed by atoms with Crippen LogP contribution in [0.5, 0.6) is 5.75 Å². The molecule has 8 nitrogen and oxygen atoms in total. The largest absolute Gasteiger partial charge is 0.458 e. The topological polar surface area (TPSA) is 105 Å². The van der Waals surface area contributed by atoms with E-state index < -0.39 is 23.9 Å². The fourth-order valence-corrected chi connectivity index (χ4v) is 3.69. The number of carbonyl (C=O) groups is 4. The zero-order valence-corrected chi connectivity index (χ0v) is 24.2. The first-order valence-corrected chi connectivity index (χ1v) is 13.3. The smallest absolute Gasteiger partial charge is 0.335 e. The van der Waals surface area contributed by atoms with Crippen molar-refractivity contribution in [3.63, 3.8) is 0 Å². The summed E-state index contributed by atoms with van der Waals surface area (Å²) in [5.41, 5.74) is 4.45. The predicted molar refractivity (Wildman–Crippen MR) is 165 cm³/mol. The van der Waals surface area contributed by atoms with E-state index in [1.54, 1.807) is 60.7 Å². The van der Waals surface area contributed by atoms with Crippen LogP contribution in [0.15, 0.2) is 111 Å². The molecule has 0 saturated heterocycles. The summed E-state index contributed by atoms with van der Waals surface area (Å²) in [5.74, 6) is 3.78. The molecule has 44 heavy (non-hydrogen) atoms. The summed E-state index contributed by atoms with van der Waals surface area (Å²) in [4.78, 5) is 47.5. The van der Waals surface area contributed by atoms with Gasteiger partial charge >= 0.3 is 23.9 Å². The molecule has 0 radical (unpaired) electrons. The van der Waals surface area contributed by atoms with Crippen LogP contribution in [0.4, 0.5) is 0 Å². The summed E-state index contributed by atoms with van der Waals surface area (Å²) >= 11 is 0. The van der Waals surface area contributed by atoms with Crippen molar-refractivity contribution < 1.29 is 38.1 Å². The molecule has 0 atom stereocenters. The molecular weight excluding hydrogens is 560 g/mol. The van der Waals surface area contributed by atoms with Crippen LogP contribution in [0.3, 0.4) is 0 Å². The van der Waals surface area contributed by atoms with Crippen molar-refractivity contribution >= 4 is 23.9 Å². The summed E-state index contributed by atoms with van der Waals surface area (Å²) in [6, 6.07) is 17.7. The average Bonchev–Trinajstić information content (AvgIpc) is 3.04. The van der Waals surface area contributed by atoms with Crippen LogP contribution < -0.4 is 4.74 Å². The van der Waals surface area contributed by atoms with Crippen LogP contribution in [0.25, 0.3) is 11.1 Å². The summed E-state index contributed by atoms with van der Waals surface area (Å²) in [5, 5.41) is 0. The van der Waals surface area contributed by atoms with E-state index in [4.69, 9.17) is 18.9 Å². The second-order valence-corrected chi connectivity index (χ2v) is 9.22. The second kappa shape index (κ2) is 15.9. The van der Waals surface area contributed by atoms with Gasteiger partial charge in [-0.2, -0.15) is 0 Å². The molecule has 0 bridgehead atoms. The molecule has 0 N–H and O–H groups in total.